The Bertz CT molecular complexity index is 123. The van der Waals surface area contributed by atoms with E-state index < -0.39 is 24.4 Å². The molecule has 0 unspecified atom stereocenters. The fourth-order valence-corrected chi connectivity index (χ4v) is 1.50. The molecular weight excluding hydrogens is 160 g/mol. The summed E-state index contributed by atoms with van der Waals surface area (Å²) >= 11 is 0. The SMILES string of the molecule is O[C@@H]1[C@H](O)[C@@H](O)CCCC[C@H]1O. The molecule has 1 rings (SSSR count). The van der Waals surface area contributed by atoms with Crippen molar-refractivity contribution in [2.24, 2.45) is 0 Å². The lowest BCUT2D eigenvalue weighted by molar-refractivity contribution is -0.114. The fraction of sp³-hybridized carbons (Fsp3) is 1.00. The topological polar surface area (TPSA) is 80.9 Å². The van der Waals surface area contributed by atoms with Crippen LogP contribution in [0.25, 0.3) is 0 Å². The van der Waals surface area contributed by atoms with E-state index in [4.69, 9.17) is 0 Å². The van der Waals surface area contributed by atoms with Crippen LogP contribution in [-0.2, 0) is 0 Å². The van der Waals surface area contributed by atoms with Gasteiger partial charge in [-0.3, -0.25) is 0 Å². The first-order valence-corrected chi connectivity index (χ1v) is 4.35. The maximum absolute atomic E-state index is 9.26. The fourth-order valence-electron chi connectivity index (χ4n) is 1.50. The Morgan fingerprint density at radius 3 is 1.33 bits per heavy atom. The molecule has 1 aliphatic rings. The molecule has 4 atom stereocenters. The van der Waals surface area contributed by atoms with Crippen LogP contribution in [0.5, 0.6) is 0 Å². The third-order valence-corrected chi connectivity index (χ3v) is 2.39. The maximum atomic E-state index is 9.26. The third-order valence-electron chi connectivity index (χ3n) is 2.39. The standard InChI is InChI=1S/C8H16O4/c9-5-3-1-2-4-6(10)8(12)7(5)11/h5-12H,1-4H2/t5-,6+,7+,8-. The van der Waals surface area contributed by atoms with Gasteiger partial charge in [-0.05, 0) is 12.8 Å². The molecule has 4 nitrogen and oxygen atoms in total. The highest BCUT2D eigenvalue weighted by Crippen LogP contribution is 2.18. The van der Waals surface area contributed by atoms with Gasteiger partial charge in [0.25, 0.3) is 0 Å². The average molecular weight is 176 g/mol. The number of aliphatic hydroxyl groups is 4. The van der Waals surface area contributed by atoms with E-state index in [1.54, 1.807) is 0 Å². The maximum Gasteiger partial charge on any atom is 0.108 e. The molecule has 1 fully saturated rings. The van der Waals surface area contributed by atoms with Crippen molar-refractivity contribution in [3.63, 3.8) is 0 Å². The zero-order valence-corrected chi connectivity index (χ0v) is 6.93. The summed E-state index contributed by atoms with van der Waals surface area (Å²) in [7, 11) is 0. The van der Waals surface area contributed by atoms with Gasteiger partial charge in [0.1, 0.15) is 12.2 Å². The highest BCUT2D eigenvalue weighted by molar-refractivity contribution is 4.82. The molecule has 0 heterocycles. The van der Waals surface area contributed by atoms with Crippen LogP contribution in [-0.4, -0.2) is 44.8 Å². The van der Waals surface area contributed by atoms with E-state index in [1.165, 1.54) is 0 Å². The molecule has 4 heteroatoms. The van der Waals surface area contributed by atoms with Gasteiger partial charge < -0.3 is 20.4 Å². The zero-order chi connectivity index (χ0) is 9.14. The van der Waals surface area contributed by atoms with E-state index >= 15 is 0 Å². The molecule has 1 saturated carbocycles. The number of rotatable bonds is 0. The molecule has 0 aromatic rings. The first-order valence-electron chi connectivity index (χ1n) is 4.35. The van der Waals surface area contributed by atoms with Crippen LogP contribution in [0.15, 0.2) is 0 Å². The van der Waals surface area contributed by atoms with Crippen LogP contribution in [0.2, 0.25) is 0 Å². The van der Waals surface area contributed by atoms with Crippen molar-refractivity contribution in [2.75, 3.05) is 0 Å². The second-order valence-electron chi connectivity index (χ2n) is 3.40. The summed E-state index contributed by atoms with van der Waals surface area (Å²) in [6.07, 6.45) is -1.69. The molecular formula is C8H16O4. The van der Waals surface area contributed by atoms with Gasteiger partial charge in [-0.25, -0.2) is 0 Å². The summed E-state index contributed by atoms with van der Waals surface area (Å²) in [5.41, 5.74) is 0. The molecule has 0 amide bonds. The minimum atomic E-state index is -1.21. The summed E-state index contributed by atoms with van der Waals surface area (Å²) in [4.78, 5) is 0. The second kappa shape index (κ2) is 4.18. The lowest BCUT2D eigenvalue weighted by Gasteiger charge is -2.28. The molecule has 0 aromatic heterocycles. The number of hydrogen-bond acceptors (Lipinski definition) is 4. The molecule has 1 aliphatic carbocycles. The second-order valence-corrected chi connectivity index (χ2v) is 3.40. The van der Waals surface area contributed by atoms with Crippen molar-refractivity contribution in [1.82, 2.24) is 0 Å². The Balaban J connectivity index is 2.55. The van der Waals surface area contributed by atoms with Gasteiger partial charge in [0, 0.05) is 0 Å². The molecule has 0 radical (unpaired) electrons. The van der Waals surface area contributed by atoms with E-state index in [0.29, 0.717) is 12.8 Å². The molecule has 0 saturated heterocycles. The molecule has 0 bridgehead atoms. The van der Waals surface area contributed by atoms with Gasteiger partial charge in [0.05, 0.1) is 12.2 Å². The Morgan fingerprint density at radius 2 is 1.00 bits per heavy atom. The van der Waals surface area contributed by atoms with Gasteiger partial charge in [-0.2, -0.15) is 0 Å². The minimum Gasteiger partial charge on any atom is -0.390 e. The van der Waals surface area contributed by atoms with Gasteiger partial charge in [-0.15, -0.1) is 0 Å². The molecule has 12 heavy (non-hydrogen) atoms. The van der Waals surface area contributed by atoms with Crippen LogP contribution in [0.3, 0.4) is 0 Å². The molecule has 0 aliphatic heterocycles. The Kier molecular flexibility index (Phi) is 3.46. The summed E-state index contributed by atoms with van der Waals surface area (Å²) < 4.78 is 0. The minimum absolute atomic E-state index is 0.491. The molecule has 0 aromatic carbocycles. The summed E-state index contributed by atoms with van der Waals surface area (Å²) in [5, 5.41) is 37.0. The monoisotopic (exact) mass is 176 g/mol. The lowest BCUT2D eigenvalue weighted by atomic mass is 9.92. The van der Waals surface area contributed by atoms with E-state index in [1.807, 2.05) is 0 Å². The third kappa shape index (κ3) is 2.17. The first-order chi connectivity index (χ1) is 5.63. The van der Waals surface area contributed by atoms with E-state index in [0.717, 1.165) is 12.8 Å². The number of aliphatic hydroxyl groups excluding tert-OH is 4. The average Bonchev–Trinajstić information content (AvgIpc) is 2.07. The van der Waals surface area contributed by atoms with E-state index in [9.17, 15) is 20.4 Å². The number of hydrogen-bond donors (Lipinski definition) is 4. The van der Waals surface area contributed by atoms with Crippen molar-refractivity contribution in [1.29, 1.82) is 0 Å². The normalized spacial score (nSPS) is 45.0. The van der Waals surface area contributed by atoms with Crippen LogP contribution in [0.1, 0.15) is 25.7 Å². The van der Waals surface area contributed by atoms with Crippen LogP contribution >= 0.6 is 0 Å². The van der Waals surface area contributed by atoms with Crippen molar-refractivity contribution < 1.29 is 20.4 Å². The van der Waals surface area contributed by atoms with Crippen molar-refractivity contribution in [3.05, 3.63) is 0 Å². The summed E-state index contributed by atoms with van der Waals surface area (Å²) in [6.45, 7) is 0. The van der Waals surface area contributed by atoms with E-state index in [2.05, 4.69) is 0 Å². The van der Waals surface area contributed by atoms with Gasteiger partial charge in [0.15, 0.2) is 0 Å². The van der Waals surface area contributed by atoms with Crippen LogP contribution in [0.4, 0.5) is 0 Å². The molecule has 4 N–H and O–H groups in total. The first kappa shape index (κ1) is 9.92. The summed E-state index contributed by atoms with van der Waals surface area (Å²) in [5.74, 6) is 0. The van der Waals surface area contributed by atoms with Crippen molar-refractivity contribution in [2.45, 2.75) is 50.1 Å². The van der Waals surface area contributed by atoms with Crippen molar-refractivity contribution >= 4 is 0 Å². The quantitative estimate of drug-likeness (QED) is 0.382. The smallest absolute Gasteiger partial charge is 0.108 e. The Hall–Kier alpha value is -0.160. The highest BCUT2D eigenvalue weighted by atomic mass is 16.4. The predicted molar refractivity (Wildman–Crippen MR) is 42.5 cm³/mol. The van der Waals surface area contributed by atoms with Crippen LogP contribution in [0, 0.1) is 0 Å². The highest BCUT2D eigenvalue weighted by Gasteiger charge is 2.31. The summed E-state index contributed by atoms with van der Waals surface area (Å²) in [6, 6.07) is 0. The molecule has 72 valence electrons. The van der Waals surface area contributed by atoms with Crippen molar-refractivity contribution in [3.8, 4) is 0 Å². The van der Waals surface area contributed by atoms with Crippen LogP contribution < -0.4 is 0 Å². The van der Waals surface area contributed by atoms with Gasteiger partial charge >= 0.3 is 0 Å². The van der Waals surface area contributed by atoms with Gasteiger partial charge in [0.2, 0.25) is 0 Å². The molecule has 0 spiro atoms. The lowest BCUT2D eigenvalue weighted by Crippen LogP contribution is -2.45. The Morgan fingerprint density at radius 1 is 0.667 bits per heavy atom. The predicted octanol–water partition coefficient (Wildman–Crippen LogP) is -0.996. The van der Waals surface area contributed by atoms with E-state index in [-0.39, 0.29) is 0 Å². The Labute approximate surface area is 71.5 Å². The van der Waals surface area contributed by atoms with Gasteiger partial charge in [-0.1, -0.05) is 12.8 Å². The zero-order valence-electron chi connectivity index (χ0n) is 6.93. The largest absolute Gasteiger partial charge is 0.390 e.